The highest BCUT2D eigenvalue weighted by molar-refractivity contribution is 5.65. The SMILES string of the molecule is N#Cc1cc(OCCO)ccc1N1CCN(Cc2ccccc2)C[C@H]1c1ccc(F)cc1.N#Cc1cc(OCCO)ccc1N1CCNC[C@H]1c1ccc(F)cc1.N#Cc1cc(OCCOC2CCCCO2)ccc1N1CCN(Cc2ccccc2)C[C@H]1c1ccc(F)cc1. The number of ether oxygens (including phenoxy) is 5. The molecule has 19 heteroatoms. The van der Waals surface area contributed by atoms with E-state index in [0.29, 0.717) is 47.2 Å². The van der Waals surface area contributed by atoms with Crippen molar-refractivity contribution >= 4 is 17.1 Å². The fraction of sp³-hybridized carbons (Fsp3) is 0.329. The molecule has 0 saturated carbocycles. The van der Waals surface area contributed by atoms with Crippen LogP contribution in [0.4, 0.5) is 30.2 Å². The summed E-state index contributed by atoms with van der Waals surface area (Å²) in [5.41, 5.74) is 9.66. The lowest BCUT2D eigenvalue weighted by molar-refractivity contribution is -0.165. The molecule has 0 amide bonds. The Labute approximate surface area is 554 Å². The number of anilines is 3. The Morgan fingerprint density at radius 1 is 0.463 bits per heavy atom. The van der Waals surface area contributed by atoms with E-state index >= 15 is 0 Å². The molecule has 492 valence electrons. The van der Waals surface area contributed by atoms with Crippen LogP contribution < -0.4 is 34.2 Å². The highest BCUT2D eigenvalue weighted by atomic mass is 19.1. The van der Waals surface area contributed by atoms with Gasteiger partial charge >= 0.3 is 0 Å². The van der Waals surface area contributed by atoms with Crippen molar-refractivity contribution in [3.05, 3.63) is 250 Å². The van der Waals surface area contributed by atoms with E-state index in [9.17, 15) is 29.0 Å². The molecule has 4 aliphatic heterocycles. The van der Waals surface area contributed by atoms with Crippen molar-refractivity contribution in [2.75, 3.05) is 120 Å². The molecule has 16 nitrogen and oxygen atoms in total. The van der Waals surface area contributed by atoms with Crippen molar-refractivity contribution in [2.24, 2.45) is 0 Å². The zero-order chi connectivity index (χ0) is 66.1. The van der Waals surface area contributed by atoms with Crippen LogP contribution in [0.25, 0.3) is 0 Å². The molecule has 12 rings (SSSR count). The molecule has 8 aromatic carbocycles. The van der Waals surface area contributed by atoms with Crippen LogP contribution in [0, 0.1) is 51.4 Å². The first-order valence-corrected chi connectivity index (χ1v) is 32.4. The van der Waals surface area contributed by atoms with Crippen LogP contribution >= 0.6 is 0 Å². The molecule has 8 aromatic rings. The summed E-state index contributed by atoms with van der Waals surface area (Å²) in [5, 5.41) is 50.6. The second-order valence-electron chi connectivity index (χ2n) is 23.5. The molecule has 1 unspecified atom stereocenters. The van der Waals surface area contributed by atoms with Gasteiger partial charge in [0, 0.05) is 78.6 Å². The lowest BCUT2D eigenvalue weighted by atomic mass is 9.99. The van der Waals surface area contributed by atoms with Crippen molar-refractivity contribution in [3.8, 4) is 35.5 Å². The van der Waals surface area contributed by atoms with Crippen molar-refractivity contribution in [1.29, 1.82) is 15.8 Å². The molecular formula is C76H80F3N9O7. The Morgan fingerprint density at radius 3 is 1.27 bits per heavy atom. The molecule has 0 radical (unpaired) electrons. The van der Waals surface area contributed by atoms with Gasteiger partial charge in [-0.15, -0.1) is 0 Å². The van der Waals surface area contributed by atoms with Gasteiger partial charge in [-0.2, -0.15) is 15.8 Å². The second kappa shape index (κ2) is 35.2. The van der Waals surface area contributed by atoms with Gasteiger partial charge in [-0.25, -0.2) is 13.2 Å². The first kappa shape index (κ1) is 68.4. The molecule has 4 heterocycles. The standard InChI is InChI=1S/C31H34FN3O3.C26H26FN3O2.C19H20FN3O2/c32-27-11-9-25(10-12-27)30-23-34(22-24-6-2-1-3-7-24)15-16-35(30)29-14-13-28(20-26(29)21-33)36-18-19-38-31-8-4-5-17-37-31;27-23-8-6-21(7-9-23)26-19-29(18-20-4-2-1-3-5-20)12-13-30(26)25-11-10-24(32-15-14-31)16-22(25)17-28;20-16-3-1-14(2-4-16)19-13-22-7-8-23(19)18-6-5-17(25-10-9-24)11-15(18)12-21/h1-3,6-7,9-14,20,30-31H,4-5,8,15-19,22-23H2;1-11,16,26,31H,12-15,18-19H2;1-6,11,19,22,24H,7-10,13H2/t30-,31?;26-;19-/m000/s1. The van der Waals surface area contributed by atoms with Gasteiger partial charge in [-0.3, -0.25) is 9.80 Å². The summed E-state index contributed by atoms with van der Waals surface area (Å²) in [6, 6.07) is 63.9. The number of aliphatic hydroxyl groups excluding tert-OH is 2. The number of hydrogen-bond donors (Lipinski definition) is 3. The third-order valence-electron chi connectivity index (χ3n) is 17.1. The Kier molecular flexibility index (Phi) is 25.3. The number of rotatable bonds is 21. The van der Waals surface area contributed by atoms with E-state index in [1.54, 1.807) is 36.4 Å². The zero-order valence-corrected chi connectivity index (χ0v) is 53.2. The second-order valence-corrected chi connectivity index (χ2v) is 23.5. The van der Waals surface area contributed by atoms with Gasteiger partial charge in [0.05, 0.1) is 71.7 Å². The molecule has 0 spiro atoms. The summed E-state index contributed by atoms with van der Waals surface area (Å²) in [4.78, 5) is 11.5. The number of nitriles is 3. The monoisotopic (exact) mass is 1290 g/mol. The number of aliphatic hydroxyl groups is 2. The number of hydrogen-bond acceptors (Lipinski definition) is 16. The van der Waals surface area contributed by atoms with Gasteiger partial charge in [-0.1, -0.05) is 97.1 Å². The maximum absolute atomic E-state index is 13.7. The predicted octanol–water partition coefficient (Wildman–Crippen LogP) is 12.0. The fourth-order valence-electron chi connectivity index (χ4n) is 12.5. The van der Waals surface area contributed by atoms with Crippen LogP contribution in [0.1, 0.15) is 81.9 Å². The lowest BCUT2D eigenvalue weighted by Crippen LogP contribution is -2.48. The smallest absolute Gasteiger partial charge is 0.157 e. The molecule has 4 atom stereocenters. The summed E-state index contributed by atoms with van der Waals surface area (Å²) >= 11 is 0. The number of nitrogens with zero attached hydrogens (tertiary/aromatic N) is 8. The predicted molar refractivity (Wildman–Crippen MR) is 359 cm³/mol. The van der Waals surface area contributed by atoms with E-state index in [2.05, 4.69) is 84.4 Å². The number of piperazine rings is 3. The maximum Gasteiger partial charge on any atom is 0.157 e. The zero-order valence-electron chi connectivity index (χ0n) is 53.2. The van der Waals surface area contributed by atoms with Crippen LogP contribution in [0.2, 0.25) is 0 Å². The third-order valence-corrected chi connectivity index (χ3v) is 17.1. The molecule has 4 fully saturated rings. The van der Waals surface area contributed by atoms with E-state index in [-0.39, 0.29) is 68.3 Å². The molecule has 3 N–H and O–H groups in total. The average molecular weight is 1290 g/mol. The summed E-state index contributed by atoms with van der Waals surface area (Å²) in [7, 11) is 0. The van der Waals surface area contributed by atoms with Crippen molar-refractivity contribution < 1.29 is 47.1 Å². The third kappa shape index (κ3) is 19.1. The summed E-state index contributed by atoms with van der Waals surface area (Å²) in [5.74, 6) is 0.973. The molecule has 4 saturated heterocycles. The average Bonchev–Trinajstić information content (AvgIpc) is 0.839. The topological polar surface area (TPSA) is 186 Å². The van der Waals surface area contributed by atoms with Gasteiger partial charge in [-0.05, 0) is 138 Å². The van der Waals surface area contributed by atoms with Gasteiger partial charge in [0.25, 0.3) is 0 Å². The van der Waals surface area contributed by atoms with Gasteiger partial charge in [0.1, 0.15) is 72.7 Å². The van der Waals surface area contributed by atoms with E-state index in [1.807, 2.05) is 78.9 Å². The number of nitrogens with one attached hydrogen (secondary N) is 1. The maximum atomic E-state index is 13.7. The van der Waals surface area contributed by atoms with Crippen molar-refractivity contribution in [3.63, 3.8) is 0 Å². The first-order valence-electron chi connectivity index (χ1n) is 32.4. The highest BCUT2D eigenvalue weighted by Gasteiger charge is 2.33. The minimum atomic E-state index is -0.264. The first-order chi connectivity index (χ1) is 46.6. The lowest BCUT2D eigenvalue weighted by Gasteiger charge is -2.43. The fourth-order valence-corrected chi connectivity index (χ4v) is 12.5. The van der Waals surface area contributed by atoms with E-state index in [1.165, 1.54) is 47.5 Å². The van der Waals surface area contributed by atoms with Gasteiger partial charge in [0.15, 0.2) is 6.29 Å². The normalized spacial score (nSPS) is 18.1. The molecule has 0 bridgehead atoms. The van der Waals surface area contributed by atoms with Gasteiger partial charge < -0.3 is 53.9 Å². The van der Waals surface area contributed by atoms with E-state index < -0.39 is 0 Å². The van der Waals surface area contributed by atoms with Crippen LogP contribution in [0.15, 0.2) is 188 Å². The summed E-state index contributed by atoms with van der Waals surface area (Å²) in [6.07, 6.45) is 2.98. The van der Waals surface area contributed by atoms with Crippen LogP contribution in [0.3, 0.4) is 0 Å². The Morgan fingerprint density at radius 2 is 0.874 bits per heavy atom. The Bertz CT molecular complexity index is 3810. The van der Waals surface area contributed by atoms with Crippen LogP contribution in [0.5, 0.6) is 17.2 Å². The van der Waals surface area contributed by atoms with E-state index in [4.69, 9.17) is 33.9 Å². The van der Waals surface area contributed by atoms with E-state index in [0.717, 1.165) is 132 Å². The van der Waals surface area contributed by atoms with Crippen LogP contribution in [-0.4, -0.2) is 131 Å². The number of benzene rings is 8. The Hall–Kier alpha value is -9.46. The largest absolute Gasteiger partial charge is 0.491 e. The summed E-state index contributed by atoms with van der Waals surface area (Å²) in [6.45, 7) is 10.5. The molecule has 4 aliphatic rings. The Balaban J connectivity index is 0.000000159. The highest BCUT2D eigenvalue weighted by Crippen LogP contribution is 2.38. The van der Waals surface area contributed by atoms with Crippen LogP contribution in [-0.2, 0) is 22.6 Å². The summed E-state index contributed by atoms with van der Waals surface area (Å²) < 4.78 is 68.7. The quantitative estimate of drug-likeness (QED) is 0.0576. The van der Waals surface area contributed by atoms with Crippen molar-refractivity contribution in [1.82, 2.24) is 15.1 Å². The molecule has 0 aromatic heterocycles. The minimum Gasteiger partial charge on any atom is -0.491 e. The molecule has 0 aliphatic carbocycles. The van der Waals surface area contributed by atoms with Gasteiger partial charge in [0.2, 0.25) is 0 Å². The minimum absolute atomic E-state index is 0.0178. The number of halogens is 3. The molecular weight excluding hydrogens is 1210 g/mol. The molecule has 95 heavy (non-hydrogen) atoms. The van der Waals surface area contributed by atoms with Crippen molar-refractivity contribution in [2.45, 2.75) is 56.8 Å².